The molecule has 1 aliphatic carbocycles. The molecule has 1 fully saturated rings. The number of hydrogen-bond donors (Lipinski definition) is 2. The van der Waals surface area contributed by atoms with E-state index in [0.29, 0.717) is 12.8 Å². The first-order valence-corrected chi connectivity index (χ1v) is 6.48. The van der Waals surface area contributed by atoms with Crippen molar-refractivity contribution in [1.29, 1.82) is 0 Å². The Labute approximate surface area is 114 Å². The molecule has 2 N–H and O–H groups in total. The Kier molecular flexibility index (Phi) is 4.32. The first kappa shape index (κ1) is 14.4. The number of amides is 1. The Morgan fingerprint density at radius 2 is 1.85 bits per heavy atom. The fourth-order valence-electron chi connectivity index (χ4n) is 2.49. The second kappa shape index (κ2) is 5.98. The number of nitrogens with one attached hydrogen (secondary N) is 1. The molecule has 1 aromatic carbocycles. The monoisotopic (exact) mass is 283 g/mol. The van der Waals surface area contributed by atoms with E-state index in [-0.39, 0.29) is 5.56 Å². The van der Waals surface area contributed by atoms with Crippen LogP contribution in [0.2, 0.25) is 0 Å². The third-order valence-corrected chi connectivity index (χ3v) is 3.58. The number of carbonyl (C=O) groups excluding carboxylic acids is 1. The highest BCUT2D eigenvalue weighted by Crippen LogP contribution is 2.25. The molecule has 0 radical (unpaired) electrons. The summed E-state index contributed by atoms with van der Waals surface area (Å²) in [4.78, 5) is 23.1. The summed E-state index contributed by atoms with van der Waals surface area (Å²) in [6.45, 7) is 0. The largest absolute Gasteiger partial charge is 0.481 e. The van der Waals surface area contributed by atoms with Crippen LogP contribution in [-0.2, 0) is 4.79 Å². The quantitative estimate of drug-likeness (QED) is 0.894. The van der Waals surface area contributed by atoms with Crippen molar-refractivity contribution in [3.05, 3.63) is 35.4 Å². The first-order chi connectivity index (χ1) is 9.49. The number of carboxylic acid groups (broad SMARTS) is 1. The van der Waals surface area contributed by atoms with Gasteiger partial charge in [0.2, 0.25) is 0 Å². The molecule has 4 nitrogen and oxygen atoms in total. The predicted octanol–water partition coefficient (Wildman–Crippen LogP) is 2.34. The second-order valence-corrected chi connectivity index (χ2v) is 4.94. The minimum atomic E-state index is -1.10. The van der Waals surface area contributed by atoms with Crippen LogP contribution in [0.3, 0.4) is 0 Å². The van der Waals surface area contributed by atoms with Gasteiger partial charge in [-0.15, -0.1) is 0 Å². The Hall–Kier alpha value is -1.98. The molecule has 2 unspecified atom stereocenters. The van der Waals surface area contributed by atoms with Crippen LogP contribution in [0.5, 0.6) is 0 Å². The summed E-state index contributed by atoms with van der Waals surface area (Å²) in [5.41, 5.74) is -0.0152. The van der Waals surface area contributed by atoms with E-state index in [2.05, 4.69) is 5.32 Å². The lowest BCUT2D eigenvalue weighted by Crippen LogP contribution is -2.45. The molecule has 1 saturated carbocycles. The smallest absolute Gasteiger partial charge is 0.308 e. The van der Waals surface area contributed by atoms with Crippen molar-refractivity contribution < 1.29 is 23.5 Å². The molecule has 1 aliphatic rings. The zero-order valence-electron chi connectivity index (χ0n) is 10.7. The summed E-state index contributed by atoms with van der Waals surface area (Å²) in [5.74, 6) is -4.28. The Bertz CT molecular complexity index is 533. The van der Waals surface area contributed by atoms with E-state index >= 15 is 0 Å². The minimum absolute atomic E-state index is 0.0152. The number of carboxylic acids is 1. The van der Waals surface area contributed by atoms with Crippen LogP contribution in [0, 0.1) is 17.6 Å². The molecule has 1 aromatic rings. The second-order valence-electron chi connectivity index (χ2n) is 4.94. The lowest BCUT2D eigenvalue weighted by molar-refractivity contribution is -0.143. The molecule has 6 heteroatoms. The number of hydrogen-bond acceptors (Lipinski definition) is 2. The van der Waals surface area contributed by atoms with Crippen molar-refractivity contribution in [1.82, 2.24) is 5.32 Å². The summed E-state index contributed by atoms with van der Waals surface area (Å²) in [5, 5.41) is 11.7. The number of halogens is 2. The molecule has 0 spiro atoms. The highest BCUT2D eigenvalue weighted by atomic mass is 19.2. The molecule has 0 heterocycles. The molecular formula is C14H15F2NO3. The van der Waals surface area contributed by atoms with E-state index in [1.54, 1.807) is 0 Å². The summed E-state index contributed by atoms with van der Waals surface area (Å²) in [6.07, 6.45) is 2.74. The van der Waals surface area contributed by atoms with E-state index in [4.69, 9.17) is 5.11 Å². The molecule has 0 aromatic heterocycles. The van der Waals surface area contributed by atoms with Crippen molar-refractivity contribution >= 4 is 11.9 Å². The Morgan fingerprint density at radius 3 is 2.50 bits per heavy atom. The zero-order chi connectivity index (χ0) is 14.7. The van der Waals surface area contributed by atoms with Gasteiger partial charge in [-0.25, -0.2) is 8.78 Å². The van der Waals surface area contributed by atoms with Crippen molar-refractivity contribution in [3.8, 4) is 0 Å². The average Bonchev–Trinajstić information content (AvgIpc) is 2.42. The van der Waals surface area contributed by atoms with Crippen LogP contribution in [0.25, 0.3) is 0 Å². The van der Waals surface area contributed by atoms with E-state index in [0.717, 1.165) is 25.0 Å². The van der Waals surface area contributed by atoms with Crippen LogP contribution in [-0.4, -0.2) is 23.0 Å². The lowest BCUT2D eigenvalue weighted by atomic mass is 9.84. The summed E-state index contributed by atoms with van der Waals surface area (Å²) < 4.78 is 25.9. The highest BCUT2D eigenvalue weighted by Gasteiger charge is 2.32. The Balaban J connectivity index is 2.09. The van der Waals surface area contributed by atoms with Gasteiger partial charge in [-0.05, 0) is 31.0 Å². The molecule has 1 amide bonds. The predicted molar refractivity (Wildman–Crippen MR) is 67.2 cm³/mol. The van der Waals surface area contributed by atoms with Crippen molar-refractivity contribution in [3.63, 3.8) is 0 Å². The molecular weight excluding hydrogens is 268 g/mol. The third kappa shape index (κ3) is 3.12. The summed E-state index contributed by atoms with van der Waals surface area (Å²) >= 11 is 0. The van der Waals surface area contributed by atoms with Gasteiger partial charge >= 0.3 is 5.97 Å². The number of aliphatic carboxylic acids is 1. The van der Waals surface area contributed by atoms with Gasteiger partial charge < -0.3 is 10.4 Å². The number of rotatable bonds is 3. The fourth-order valence-corrected chi connectivity index (χ4v) is 2.49. The van der Waals surface area contributed by atoms with Gasteiger partial charge in [-0.2, -0.15) is 0 Å². The van der Waals surface area contributed by atoms with Crippen LogP contribution in [0.4, 0.5) is 8.78 Å². The van der Waals surface area contributed by atoms with Gasteiger partial charge in [0.05, 0.1) is 5.92 Å². The van der Waals surface area contributed by atoms with Crippen LogP contribution in [0.1, 0.15) is 36.0 Å². The SMILES string of the molecule is O=C(NC1CCCCC1C(=O)O)c1ccc(F)c(F)c1. The van der Waals surface area contributed by atoms with Crippen LogP contribution in [0.15, 0.2) is 18.2 Å². The van der Waals surface area contributed by atoms with Gasteiger partial charge in [0.25, 0.3) is 5.91 Å². The van der Waals surface area contributed by atoms with E-state index in [1.165, 1.54) is 6.07 Å². The normalized spacial score (nSPS) is 22.3. The number of benzene rings is 1. The standard InChI is InChI=1S/C14H15F2NO3/c15-10-6-5-8(7-11(10)16)13(18)17-12-4-2-1-3-9(12)14(19)20/h5-7,9,12H,1-4H2,(H,17,18)(H,19,20). The zero-order valence-corrected chi connectivity index (χ0v) is 10.7. The summed E-state index contributed by atoms with van der Waals surface area (Å²) in [6, 6.07) is 2.39. The highest BCUT2D eigenvalue weighted by molar-refractivity contribution is 5.94. The summed E-state index contributed by atoms with van der Waals surface area (Å²) in [7, 11) is 0. The molecule has 108 valence electrons. The fraction of sp³-hybridized carbons (Fsp3) is 0.429. The molecule has 20 heavy (non-hydrogen) atoms. The van der Waals surface area contributed by atoms with E-state index in [9.17, 15) is 18.4 Å². The van der Waals surface area contributed by atoms with Crippen LogP contribution < -0.4 is 5.32 Å². The van der Waals surface area contributed by atoms with Crippen LogP contribution >= 0.6 is 0 Å². The Morgan fingerprint density at radius 1 is 1.15 bits per heavy atom. The lowest BCUT2D eigenvalue weighted by Gasteiger charge is -2.29. The molecule has 0 saturated heterocycles. The van der Waals surface area contributed by atoms with Crippen molar-refractivity contribution in [2.24, 2.45) is 5.92 Å². The van der Waals surface area contributed by atoms with E-state index in [1.807, 2.05) is 0 Å². The molecule has 2 atom stereocenters. The molecule has 0 aliphatic heterocycles. The molecule has 0 bridgehead atoms. The van der Waals surface area contributed by atoms with Gasteiger partial charge in [-0.1, -0.05) is 12.8 Å². The van der Waals surface area contributed by atoms with E-state index < -0.39 is 35.5 Å². The third-order valence-electron chi connectivity index (χ3n) is 3.58. The maximum atomic E-state index is 13.1. The minimum Gasteiger partial charge on any atom is -0.481 e. The maximum Gasteiger partial charge on any atom is 0.308 e. The molecule has 2 rings (SSSR count). The number of carbonyl (C=O) groups is 2. The van der Waals surface area contributed by atoms with Gasteiger partial charge in [0.15, 0.2) is 11.6 Å². The van der Waals surface area contributed by atoms with Gasteiger partial charge in [0, 0.05) is 11.6 Å². The first-order valence-electron chi connectivity index (χ1n) is 6.48. The maximum absolute atomic E-state index is 13.1. The van der Waals surface area contributed by atoms with Crippen molar-refractivity contribution in [2.45, 2.75) is 31.7 Å². The van der Waals surface area contributed by atoms with Gasteiger partial charge in [0.1, 0.15) is 0 Å². The van der Waals surface area contributed by atoms with Gasteiger partial charge in [-0.3, -0.25) is 9.59 Å². The average molecular weight is 283 g/mol. The topological polar surface area (TPSA) is 66.4 Å². The van der Waals surface area contributed by atoms with Crippen molar-refractivity contribution in [2.75, 3.05) is 0 Å².